The molecule has 1 fully saturated rings. The number of allylic oxidation sites excluding steroid dienone is 2. The van der Waals surface area contributed by atoms with Crippen LogP contribution in [-0.4, -0.2) is 31.8 Å². The summed E-state index contributed by atoms with van der Waals surface area (Å²) >= 11 is 12.1. The highest BCUT2D eigenvalue weighted by Crippen LogP contribution is 2.29. The van der Waals surface area contributed by atoms with Crippen molar-refractivity contribution < 1.29 is 14.3 Å². The van der Waals surface area contributed by atoms with Gasteiger partial charge in [-0.2, -0.15) is 0 Å². The van der Waals surface area contributed by atoms with Gasteiger partial charge in [0, 0.05) is 18.2 Å². The number of halogens is 2. The lowest BCUT2D eigenvalue weighted by Crippen LogP contribution is -2.31. The molecule has 0 aromatic heterocycles. The fraction of sp³-hybridized carbons (Fsp3) is 0.409. The van der Waals surface area contributed by atoms with Crippen molar-refractivity contribution >= 4 is 29.1 Å². The SMILES string of the molecule is C=C/C=C(\C=C1\CCCOC1)CNC(=O)CC(CC)Oc1ccc(Cl)cc1Cl. The Bertz CT molecular complexity index is 735. The maximum absolute atomic E-state index is 12.4. The van der Waals surface area contributed by atoms with E-state index >= 15 is 0 Å². The first-order valence-corrected chi connectivity index (χ1v) is 10.2. The smallest absolute Gasteiger partial charge is 0.223 e. The van der Waals surface area contributed by atoms with Crippen LogP contribution < -0.4 is 10.1 Å². The topological polar surface area (TPSA) is 47.6 Å². The average Bonchev–Trinajstić information content (AvgIpc) is 2.68. The van der Waals surface area contributed by atoms with E-state index in [1.54, 1.807) is 24.3 Å². The van der Waals surface area contributed by atoms with Gasteiger partial charge in [-0.3, -0.25) is 4.79 Å². The van der Waals surface area contributed by atoms with Crippen molar-refractivity contribution in [3.63, 3.8) is 0 Å². The van der Waals surface area contributed by atoms with Crippen LogP contribution in [0, 0.1) is 0 Å². The summed E-state index contributed by atoms with van der Waals surface area (Å²) in [4.78, 5) is 12.4. The maximum atomic E-state index is 12.4. The highest BCUT2D eigenvalue weighted by atomic mass is 35.5. The van der Waals surface area contributed by atoms with E-state index in [0.717, 1.165) is 25.0 Å². The van der Waals surface area contributed by atoms with Gasteiger partial charge in [0.1, 0.15) is 11.9 Å². The van der Waals surface area contributed by atoms with Crippen LogP contribution in [0.15, 0.2) is 54.2 Å². The van der Waals surface area contributed by atoms with Crippen LogP contribution in [0.25, 0.3) is 0 Å². The molecule has 4 nitrogen and oxygen atoms in total. The molecule has 0 bridgehead atoms. The van der Waals surface area contributed by atoms with Gasteiger partial charge in [0.2, 0.25) is 5.91 Å². The first-order chi connectivity index (χ1) is 13.5. The predicted octanol–water partition coefficient (Wildman–Crippen LogP) is 5.51. The molecule has 0 radical (unpaired) electrons. The summed E-state index contributed by atoms with van der Waals surface area (Å²) in [5, 5.41) is 3.93. The van der Waals surface area contributed by atoms with Gasteiger partial charge in [0.25, 0.3) is 0 Å². The third-order valence-electron chi connectivity index (χ3n) is 4.34. The molecule has 28 heavy (non-hydrogen) atoms. The molecule has 6 heteroatoms. The Balaban J connectivity index is 1.89. The molecule has 0 aliphatic carbocycles. The van der Waals surface area contributed by atoms with Gasteiger partial charge in [-0.05, 0) is 48.6 Å². The summed E-state index contributed by atoms with van der Waals surface area (Å²) < 4.78 is 11.4. The van der Waals surface area contributed by atoms with E-state index in [1.165, 1.54) is 5.57 Å². The van der Waals surface area contributed by atoms with Crippen LogP contribution in [0.1, 0.15) is 32.6 Å². The second-order valence-corrected chi connectivity index (χ2v) is 7.48. The van der Waals surface area contributed by atoms with E-state index in [0.29, 0.717) is 35.4 Å². The number of hydrogen-bond acceptors (Lipinski definition) is 3. The lowest BCUT2D eigenvalue weighted by molar-refractivity contribution is -0.122. The molecule has 1 aliphatic rings. The molecule has 1 amide bonds. The zero-order valence-electron chi connectivity index (χ0n) is 16.2. The molecule has 1 aliphatic heterocycles. The molecule has 1 aromatic carbocycles. The summed E-state index contributed by atoms with van der Waals surface area (Å²) in [6, 6.07) is 5.05. The normalized spacial score (nSPS) is 17.2. The summed E-state index contributed by atoms with van der Waals surface area (Å²) in [5.41, 5.74) is 2.24. The van der Waals surface area contributed by atoms with Crippen LogP contribution in [0.2, 0.25) is 10.0 Å². The molecule has 1 unspecified atom stereocenters. The minimum atomic E-state index is -0.268. The quantitative estimate of drug-likeness (QED) is 0.532. The zero-order chi connectivity index (χ0) is 20.4. The van der Waals surface area contributed by atoms with Crippen LogP contribution in [0.5, 0.6) is 5.75 Å². The van der Waals surface area contributed by atoms with Gasteiger partial charge in [0.15, 0.2) is 0 Å². The Hall–Kier alpha value is -1.75. The van der Waals surface area contributed by atoms with Crippen molar-refractivity contribution in [1.29, 1.82) is 0 Å². The standard InChI is InChI=1S/C22H27Cl2NO3/c1-3-6-16(11-17-7-5-10-27-15-17)14-25-22(26)13-19(4-2)28-21-9-8-18(23)12-20(21)24/h3,6,8-9,11-12,19H,1,4-5,7,10,13-15H2,2H3,(H,25,26)/b16-6+,17-11-. The number of amides is 1. The number of carbonyl (C=O) groups is 1. The van der Waals surface area contributed by atoms with E-state index in [-0.39, 0.29) is 18.4 Å². The van der Waals surface area contributed by atoms with Gasteiger partial charge in [-0.15, -0.1) is 0 Å². The lowest BCUT2D eigenvalue weighted by Gasteiger charge is -2.19. The number of carbonyl (C=O) groups excluding carboxylic acids is 1. The summed E-state index contributed by atoms with van der Waals surface area (Å²) in [7, 11) is 0. The first-order valence-electron chi connectivity index (χ1n) is 9.49. The molecule has 2 rings (SSSR count). The molecular weight excluding hydrogens is 397 g/mol. The highest BCUT2D eigenvalue weighted by Gasteiger charge is 2.16. The molecule has 1 atom stereocenters. The van der Waals surface area contributed by atoms with Gasteiger partial charge >= 0.3 is 0 Å². The number of rotatable bonds is 9. The Morgan fingerprint density at radius 3 is 2.89 bits per heavy atom. The van der Waals surface area contributed by atoms with Gasteiger partial charge in [-0.25, -0.2) is 0 Å². The van der Waals surface area contributed by atoms with Gasteiger partial charge in [-0.1, -0.05) is 54.9 Å². The maximum Gasteiger partial charge on any atom is 0.223 e. The Morgan fingerprint density at radius 2 is 2.25 bits per heavy atom. The molecule has 0 spiro atoms. The monoisotopic (exact) mass is 423 g/mol. The number of benzene rings is 1. The van der Waals surface area contributed by atoms with E-state index < -0.39 is 0 Å². The number of nitrogens with one attached hydrogen (secondary N) is 1. The number of ether oxygens (including phenoxy) is 2. The second kappa shape index (κ2) is 11.9. The number of hydrogen-bond donors (Lipinski definition) is 1. The van der Waals surface area contributed by atoms with Crippen molar-refractivity contribution in [2.45, 2.75) is 38.7 Å². The van der Waals surface area contributed by atoms with Crippen molar-refractivity contribution in [1.82, 2.24) is 5.32 Å². The first kappa shape index (κ1) is 22.5. The zero-order valence-corrected chi connectivity index (χ0v) is 17.7. The van der Waals surface area contributed by atoms with Crippen molar-refractivity contribution in [3.05, 3.63) is 64.2 Å². The molecule has 1 N–H and O–H groups in total. The average molecular weight is 424 g/mol. The highest BCUT2D eigenvalue weighted by molar-refractivity contribution is 6.35. The van der Waals surface area contributed by atoms with E-state index in [9.17, 15) is 4.79 Å². The third kappa shape index (κ3) is 7.70. The molecule has 0 saturated carbocycles. The minimum absolute atomic E-state index is 0.0785. The molecule has 152 valence electrons. The summed E-state index contributed by atoms with van der Waals surface area (Å²) in [6.07, 6.45) is 8.43. The molecule has 1 aromatic rings. The van der Waals surface area contributed by atoms with Gasteiger partial charge in [0.05, 0.1) is 18.1 Å². The predicted molar refractivity (Wildman–Crippen MR) is 115 cm³/mol. The van der Waals surface area contributed by atoms with Crippen LogP contribution >= 0.6 is 23.2 Å². The van der Waals surface area contributed by atoms with Crippen LogP contribution in [0.4, 0.5) is 0 Å². The lowest BCUT2D eigenvalue weighted by atomic mass is 10.1. The van der Waals surface area contributed by atoms with E-state index in [4.69, 9.17) is 32.7 Å². The van der Waals surface area contributed by atoms with E-state index in [2.05, 4.69) is 18.0 Å². The minimum Gasteiger partial charge on any atom is -0.488 e. The Morgan fingerprint density at radius 1 is 1.43 bits per heavy atom. The van der Waals surface area contributed by atoms with Crippen molar-refractivity contribution in [3.8, 4) is 5.75 Å². The Labute approximate surface area is 177 Å². The third-order valence-corrected chi connectivity index (χ3v) is 4.87. The fourth-order valence-corrected chi connectivity index (χ4v) is 3.31. The summed E-state index contributed by atoms with van der Waals surface area (Å²) in [5.74, 6) is 0.449. The molecule has 1 heterocycles. The fourth-order valence-electron chi connectivity index (χ4n) is 2.86. The Kier molecular flexibility index (Phi) is 9.62. The van der Waals surface area contributed by atoms with Crippen LogP contribution in [0.3, 0.4) is 0 Å². The van der Waals surface area contributed by atoms with Crippen LogP contribution in [-0.2, 0) is 9.53 Å². The largest absolute Gasteiger partial charge is 0.488 e. The van der Waals surface area contributed by atoms with Crippen molar-refractivity contribution in [2.75, 3.05) is 19.8 Å². The second-order valence-electron chi connectivity index (χ2n) is 6.64. The van der Waals surface area contributed by atoms with Gasteiger partial charge < -0.3 is 14.8 Å². The summed E-state index contributed by atoms with van der Waals surface area (Å²) in [6.45, 7) is 7.62. The van der Waals surface area contributed by atoms with E-state index in [1.807, 2.05) is 13.0 Å². The molecule has 1 saturated heterocycles. The van der Waals surface area contributed by atoms with Crippen molar-refractivity contribution in [2.24, 2.45) is 0 Å². The molecular formula is C22H27Cl2NO3.